The van der Waals surface area contributed by atoms with E-state index in [0.717, 1.165) is 11.3 Å². The first-order valence-electron chi connectivity index (χ1n) is 4.79. The van der Waals surface area contributed by atoms with Gasteiger partial charge in [-0.25, -0.2) is 4.98 Å². The average Bonchev–Trinajstić information content (AvgIpc) is 2.22. The topological polar surface area (TPSA) is 28.7 Å². The highest BCUT2D eigenvalue weighted by Gasteiger charge is 1.99. The van der Waals surface area contributed by atoms with Crippen LogP contribution in [-0.4, -0.2) is 9.97 Å². The first-order chi connectivity index (χ1) is 7.16. The molecule has 1 aromatic carbocycles. The third-order valence-electron chi connectivity index (χ3n) is 2.50. The number of hydrogen-bond acceptors (Lipinski definition) is 2. The Morgan fingerprint density at radius 2 is 1.93 bits per heavy atom. The summed E-state index contributed by atoms with van der Waals surface area (Å²) in [5.41, 5.74) is 4.74. The van der Waals surface area contributed by atoms with Crippen LogP contribution in [0.2, 0.25) is 0 Å². The number of benzene rings is 1. The van der Waals surface area contributed by atoms with E-state index in [1.165, 1.54) is 11.1 Å². The molecule has 1 heterocycles. The molecule has 0 aliphatic rings. The van der Waals surface area contributed by atoms with Gasteiger partial charge in [0.25, 0.3) is 0 Å². The average molecular weight is 216 g/mol. The van der Waals surface area contributed by atoms with Gasteiger partial charge in [0.15, 0.2) is 0 Å². The maximum atomic E-state index is 5.03. The number of nitrogens with one attached hydrogen (secondary N) is 1. The highest BCUT2D eigenvalue weighted by atomic mass is 32.1. The van der Waals surface area contributed by atoms with E-state index in [9.17, 15) is 0 Å². The Morgan fingerprint density at radius 1 is 1.13 bits per heavy atom. The molecule has 1 N–H and O–H groups in total. The van der Waals surface area contributed by atoms with Gasteiger partial charge in [-0.3, -0.25) is 0 Å². The zero-order valence-electron chi connectivity index (χ0n) is 8.74. The second-order valence-corrected chi connectivity index (χ2v) is 4.02. The van der Waals surface area contributed by atoms with Gasteiger partial charge in [0.05, 0.1) is 6.33 Å². The Balaban J connectivity index is 2.55. The van der Waals surface area contributed by atoms with Gasteiger partial charge in [0.2, 0.25) is 0 Å². The molecular formula is C12H12N2S. The van der Waals surface area contributed by atoms with Gasteiger partial charge in [0.1, 0.15) is 4.64 Å². The largest absolute Gasteiger partial charge is 0.346 e. The van der Waals surface area contributed by atoms with Gasteiger partial charge in [-0.15, -0.1) is 0 Å². The summed E-state index contributed by atoms with van der Waals surface area (Å²) in [6, 6.07) is 8.22. The molecule has 0 radical (unpaired) electrons. The van der Waals surface area contributed by atoms with Crippen molar-refractivity contribution in [2.24, 2.45) is 0 Å². The predicted octanol–water partition coefficient (Wildman–Crippen LogP) is 3.42. The molecule has 0 bridgehead atoms. The van der Waals surface area contributed by atoms with Crippen LogP contribution in [0.1, 0.15) is 11.1 Å². The van der Waals surface area contributed by atoms with Gasteiger partial charge in [-0.1, -0.05) is 24.4 Å². The summed E-state index contributed by atoms with van der Waals surface area (Å²) in [6.45, 7) is 4.21. The van der Waals surface area contributed by atoms with E-state index in [1.54, 1.807) is 6.33 Å². The summed E-state index contributed by atoms with van der Waals surface area (Å²) in [6.07, 6.45) is 1.63. The molecule has 0 saturated heterocycles. The van der Waals surface area contributed by atoms with Crippen molar-refractivity contribution in [2.45, 2.75) is 13.8 Å². The fourth-order valence-electron chi connectivity index (χ4n) is 1.44. The summed E-state index contributed by atoms with van der Waals surface area (Å²) in [5.74, 6) is 0. The third-order valence-corrected chi connectivity index (χ3v) is 2.72. The summed E-state index contributed by atoms with van der Waals surface area (Å²) in [7, 11) is 0. The van der Waals surface area contributed by atoms with Gasteiger partial charge in [-0.05, 0) is 42.7 Å². The zero-order valence-corrected chi connectivity index (χ0v) is 9.56. The van der Waals surface area contributed by atoms with E-state index in [2.05, 4.69) is 42.0 Å². The van der Waals surface area contributed by atoms with Crippen LogP contribution in [0, 0.1) is 18.5 Å². The Bertz CT molecular complexity index is 543. The molecule has 0 fully saturated rings. The smallest absolute Gasteiger partial charge is 0.130 e. The first-order valence-corrected chi connectivity index (χ1v) is 5.20. The normalized spacial score (nSPS) is 10.3. The maximum absolute atomic E-state index is 5.03. The van der Waals surface area contributed by atoms with E-state index in [-0.39, 0.29) is 0 Å². The Labute approximate surface area is 94.0 Å². The van der Waals surface area contributed by atoms with Crippen LogP contribution >= 0.6 is 12.2 Å². The molecule has 2 aromatic rings. The SMILES string of the molecule is Cc1ccc(-c2cc(=S)nc[nH]2)cc1C. The number of aromatic nitrogens is 2. The number of rotatable bonds is 1. The second kappa shape index (κ2) is 3.95. The minimum atomic E-state index is 0.613. The third kappa shape index (κ3) is 2.13. The van der Waals surface area contributed by atoms with E-state index in [1.807, 2.05) is 6.07 Å². The van der Waals surface area contributed by atoms with Crippen molar-refractivity contribution in [1.29, 1.82) is 0 Å². The van der Waals surface area contributed by atoms with Crippen LogP contribution in [0.3, 0.4) is 0 Å². The summed E-state index contributed by atoms with van der Waals surface area (Å²) in [5, 5.41) is 0. The predicted molar refractivity (Wildman–Crippen MR) is 64.3 cm³/mol. The molecule has 2 nitrogen and oxygen atoms in total. The molecule has 0 atom stereocenters. The Hall–Kier alpha value is -1.48. The molecule has 76 valence electrons. The number of aromatic amines is 1. The van der Waals surface area contributed by atoms with Crippen LogP contribution < -0.4 is 0 Å². The molecule has 15 heavy (non-hydrogen) atoms. The minimum Gasteiger partial charge on any atom is -0.346 e. The van der Waals surface area contributed by atoms with Crippen molar-refractivity contribution >= 4 is 12.2 Å². The highest BCUT2D eigenvalue weighted by molar-refractivity contribution is 7.71. The van der Waals surface area contributed by atoms with Crippen LogP contribution in [0.4, 0.5) is 0 Å². The van der Waals surface area contributed by atoms with Gasteiger partial charge >= 0.3 is 0 Å². The van der Waals surface area contributed by atoms with Crippen molar-refractivity contribution in [3.05, 3.63) is 46.4 Å². The minimum absolute atomic E-state index is 0.613. The molecule has 1 aromatic heterocycles. The summed E-state index contributed by atoms with van der Waals surface area (Å²) < 4.78 is 0.613. The van der Waals surface area contributed by atoms with Gasteiger partial charge in [-0.2, -0.15) is 0 Å². The van der Waals surface area contributed by atoms with Crippen molar-refractivity contribution in [3.8, 4) is 11.3 Å². The van der Waals surface area contributed by atoms with Gasteiger partial charge in [0, 0.05) is 5.69 Å². The van der Waals surface area contributed by atoms with Crippen molar-refractivity contribution in [1.82, 2.24) is 9.97 Å². The Morgan fingerprint density at radius 3 is 2.60 bits per heavy atom. The molecular weight excluding hydrogens is 204 g/mol. The van der Waals surface area contributed by atoms with E-state index >= 15 is 0 Å². The second-order valence-electron chi connectivity index (χ2n) is 3.60. The van der Waals surface area contributed by atoms with Crippen molar-refractivity contribution in [2.75, 3.05) is 0 Å². The number of hydrogen-bond donors (Lipinski definition) is 1. The quantitative estimate of drug-likeness (QED) is 0.740. The lowest BCUT2D eigenvalue weighted by atomic mass is 10.0. The van der Waals surface area contributed by atoms with Crippen LogP contribution in [0.15, 0.2) is 30.6 Å². The molecule has 0 saturated carbocycles. The van der Waals surface area contributed by atoms with Crippen molar-refractivity contribution in [3.63, 3.8) is 0 Å². The van der Waals surface area contributed by atoms with Gasteiger partial charge < -0.3 is 4.98 Å². The van der Waals surface area contributed by atoms with E-state index in [4.69, 9.17) is 12.2 Å². The van der Waals surface area contributed by atoms with E-state index < -0.39 is 0 Å². The number of nitrogens with zero attached hydrogens (tertiary/aromatic N) is 1. The summed E-state index contributed by atoms with van der Waals surface area (Å²) >= 11 is 5.03. The molecule has 2 rings (SSSR count). The molecule has 0 amide bonds. The Kier molecular flexibility index (Phi) is 2.64. The monoisotopic (exact) mass is 216 g/mol. The lowest BCUT2D eigenvalue weighted by molar-refractivity contribution is 1.15. The molecule has 3 heteroatoms. The zero-order chi connectivity index (χ0) is 10.8. The van der Waals surface area contributed by atoms with Crippen molar-refractivity contribution < 1.29 is 0 Å². The highest BCUT2D eigenvalue weighted by Crippen LogP contribution is 2.19. The fourth-order valence-corrected chi connectivity index (χ4v) is 1.61. The first kappa shape index (κ1) is 10.1. The number of H-pyrrole nitrogens is 1. The lowest BCUT2D eigenvalue weighted by Crippen LogP contribution is -1.87. The van der Waals surface area contributed by atoms with Crippen LogP contribution in [0.25, 0.3) is 11.3 Å². The molecule has 0 spiro atoms. The number of aryl methyl sites for hydroxylation is 2. The van der Waals surface area contributed by atoms with E-state index in [0.29, 0.717) is 4.64 Å². The van der Waals surface area contributed by atoms with Crippen LogP contribution in [0.5, 0.6) is 0 Å². The molecule has 0 aliphatic heterocycles. The maximum Gasteiger partial charge on any atom is 0.130 e. The fraction of sp³-hybridized carbons (Fsp3) is 0.167. The lowest BCUT2D eigenvalue weighted by Gasteiger charge is -2.04. The summed E-state index contributed by atoms with van der Waals surface area (Å²) in [4.78, 5) is 7.06. The van der Waals surface area contributed by atoms with Crippen LogP contribution in [-0.2, 0) is 0 Å². The molecule has 0 unspecified atom stereocenters. The standard InChI is InChI=1S/C12H12N2S/c1-8-3-4-10(5-9(8)2)11-6-12(15)14-7-13-11/h3-7H,1-2H3,(H,13,14,15). The molecule has 0 aliphatic carbocycles.